The molecule has 70 valence electrons. The number of rotatable bonds is 4. The maximum absolute atomic E-state index is 7.21. The van der Waals surface area contributed by atoms with Gasteiger partial charge in [-0.25, -0.2) is 9.97 Å². The second kappa shape index (κ2) is 4.39. The summed E-state index contributed by atoms with van der Waals surface area (Å²) in [6.45, 7) is 2.54. The highest BCUT2D eigenvalue weighted by atomic mass is 16.5. The molecular weight excluding hydrogens is 168 g/mol. The molecule has 3 N–H and O–H groups in total. The summed E-state index contributed by atoms with van der Waals surface area (Å²) >= 11 is 0. The number of aromatic nitrogens is 2. The molecule has 0 aliphatic carbocycles. The first kappa shape index (κ1) is 9.44. The third-order valence-electron chi connectivity index (χ3n) is 1.36. The number of nitrogens with one attached hydrogen (secondary N) is 1. The van der Waals surface area contributed by atoms with Crippen molar-refractivity contribution in [1.82, 2.24) is 9.97 Å². The number of nitrogens with zero attached hydrogens (tertiary/aromatic N) is 2. The standard InChI is InChI=1S/C8H12N4O/c1-2-5-13-8-6(7(9)10)11-3-4-12-8/h3-4H,2,5H2,1H3,(H3,9,10). The summed E-state index contributed by atoms with van der Waals surface area (Å²) in [5, 5.41) is 7.21. The van der Waals surface area contributed by atoms with Gasteiger partial charge in [0.1, 0.15) is 5.84 Å². The fraction of sp³-hybridized carbons (Fsp3) is 0.375. The molecule has 0 fully saturated rings. The summed E-state index contributed by atoms with van der Waals surface area (Å²) in [7, 11) is 0. The highest BCUT2D eigenvalue weighted by molar-refractivity contribution is 5.94. The van der Waals surface area contributed by atoms with Crippen LogP contribution in [0.2, 0.25) is 0 Å². The lowest BCUT2D eigenvalue weighted by Crippen LogP contribution is -2.16. The molecule has 0 aliphatic heterocycles. The first-order valence-corrected chi connectivity index (χ1v) is 4.04. The Morgan fingerprint density at radius 1 is 1.54 bits per heavy atom. The van der Waals surface area contributed by atoms with Crippen LogP contribution in [-0.2, 0) is 0 Å². The van der Waals surface area contributed by atoms with Gasteiger partial charge in [-0.3, -0.25) is 5.41 Å². The van der Waals surface area contributed by atoms with E-state index >= 15 is 0 Å². The van der Waals surface area contributed by atoms with E-state index in [1.807, 2.05) is 6.92 Å². The number of nitrogen functional groups attached to an aromatic ring is 1. The molecule has 0 saturated heterocycles. The molecule has 0 radical (unpaired) electrons. The molecule has 13 heavy (non-hydrogen) atoms. The van der Waals surface area contributed by atoms with Gasteiger partial charge in [0.05, 0.1) is 6.61 Å². The van der Waals surface area contributed by atoms with Crippen molar-refractivity contribution >= 4 is 5.84 Å². The monoisotopic (exact) mass is 180 g/mol. The average molecular weight is 180 g/mol. The highest BCUT2D eigenvalue weighted by Gasteiger charge is 2.07. The lowest BCUT2D eigenvalue weighted by atomic mass is 10.4. The van der Waals surface area contributed by atoms with Crippen LogP contribution >= 0.6 is 0 Å². The van der Waals surface area contributed by atoms with Crippen LogP contribution in [0.4, 0.5) is 0 Å². The van der Waals surface area contributed by atoms with Gasteiger partial charge in [-0.05, 0) is 6.42 Å². The zero-order valence-electron chi connectivity index (χ0n) is 7.45. The molecule has 1 aromatic rings. The van der Waals surface area contributed by atoms with Crippen molar-refractivity contribution in [3.63, 3.8) is 0 Å². The van der Waals surface area contributed by atoms with Crippen molar-refractivity contribution in [2.24, 2.45) is 5.73 Å². The Morgan fingerprint density at radius 2 is 2.23 bits per heavy atom. The van der Waals surface area contributed by atoms with Crippen molar-refractivity contribution < 1.29 is 4.74 Å². The van der Waals surface area contributed by atoms with Gasteiger partial charge in [0.2, 0.25) is 5.88 Å². The lowest BCUT2D eigenvalue weighted by molar-refractivity contribution is 0.303. The smallest absolute Gasteiger partial charge is 0.243 e. The normalized spacial score (nSPS) is 9.62. The van der Waals surface area contributed by atoms with Crippen LogP contribution in [0.15, 0.2) is 12.4 Å². The van der Waals surface area contributed by atoms with Gasteiger partial charge < -0.3 is 10.5 Å². The second-order valence-corrected chi connectivity index (χ2v) is 2.47. The maximum atomic E-state index is 7.21. The van der Waals surface area contributed by atoms with E-state index < -0.39 is 0 Å². The zero-order valence-corrected chi connectivity index (χ0v) is 7.45. The van der Waals surface area contributed by atoms with Crippen LogP contribution in [-0.4, -0.2) is 22.4 Å². The first-order valence-electron chi connectivity index (χ1n) is 4.04. The molecule has 0 atom stereocenters. The van der Waals surface area contributed by atoms with Gasteiger partial charge in [0.25, 0.3) is 0 Å². The van der Waals surface area contributed by atoms with Crippen molar-refractivity contribution in [2.75, 3.05) is 6.61 Å². The third kappa shape index (κ3) is 2.40. The molecule has 0 unspecified atom stereocenters. The van der Waals surface area contributed by atoms with Crippen molar-refractivity contribution in [3.05, 3.63) is 18.1 Å². The van der Waals surface area contributed by atoms with E-state index in [9.17, 15) is 0 Å². The molecule has 0 aromatic carbocycles. The minimum atomic E-state index is -0.126. The van der Waals surface area contributed by atoms with Gasteiger partial charge in [-0.1, -0.05) is 6.92 Å². The number of amidine groups is 1. The largest absolute Gasteiger partial charge is 0.476 e. The van der Waals surface area contributed by atoms with Gasteiger partial charge in [0, 0.05) is 12.4 Å². The minimum Gasteiger partial charge on any atom is -0.476 e. The van der Waals surface area contributed by atoms with Crippen LogP contribution in [0.5, 0.6) is 5.88 Å². The van der Waals surface area contributed by atoms with Crippen LogP contribution in [0, 0.1) is 5.41 Å². The van der Waals surface area contributed by atoms with Crippen LogP contribution in [0.1, 0.15) is 19.0 Å². The molecule has 1 rings (SSSR count). The summed E-state index contributed by atoms with van der Waals surface area (Å²) in [6, 6.07) is 0. The van der Waals surface area contributed by atoms with Crippen molar-refractivity contribution in [1.29, 1.82) is 5.41 Å². The van der Waals surface area contributed by atoms with Gasteiger partial charge in [-0.2, -0.15) is 0 Å². The Balaban J connectivity index is 2.84. The third-order valence-corrected chi connectivity index (χ3v) is 1.36. The van der Waals surface area contributed by atoms with Gasteiger partial charge in [-0.15, -0.1) is 0 Å². The molecule has 0 spiro atoms. The molecule has 1 heterocycles. The van der Waals surface area contributed by atoms with Gasteiger partial charge >= 0.3 is 0 Å². The van der Waals surface area contributed by atoms with E-state index in [2.05, 4.69) is 9.97 Å². The molecule has 5 heteroatoms. The predicted molar refractivity (Wildman–Crippen MR) is 48.8 cm³/mol. The Bertz CT molecular complexity index is 300. The van der Waals surface area contributed by atoms with Crippen LogP contribution in [0.3, 0.4) is 0 Å². The Hall–Kier alpha value is -1.65. The van der Waals surface area contributed by atoms with E-state index in [-0.39, 0.29) is 5.84 Å². The first-order chi connectivity index (χ1) is 6.25. The van der Waals surface area contributed by atoms with E-state index in [4.69, 9.17) is 15.9 Å². The zero-order chi connectivity index (χ0) is 9.68. The fourth-order valence-electron chi connectivity index (χ4n) is 0.814. The van der Waals surface area contributed by atoms with Crippen LogP contribution < -0.4 is 10.5 Å². The summed E-state index contributed by atoms with van der Waals surface area (Å²) in [6.07, 6.45) is 3.88. The Labute approximate surface area is 76.5 Å². The number of ether oxygens (including phenoxy) is 1. The predicted octanol–water partition coefficient (Wildman–Crippen LogP) is 0.549. The Morgan fingerprint density at radius 3 is 2.85 bits per heavy atom. The van der Waals surface area contributed by atoms with Crippen molar-refractivity contribution in [2.45, 2.75) is 13.3 Å². The summed E-state index contributed by atoms with van der Waals surface area (Å²) in [4.78, 5) is 7.83. The average Bonchev–Trinajstić information content (AvgIpc) is 2.15. The summed E-state index contributed by atoms with van der Waals surface area (Å²) < 4.78 is 5.25. The molecule has 0 aliphatic rings. The van der Waals surface area contributed by atoms with E-state index in [1.165, 1.54) is 12.4 Å². The molecule has 0 bridgehead atoms. The van der Waals surface area contributed by atoms with E-state index in [0.29, 0.717) is 18.2 Å². The minimum absolute atomic E-state index is 0.126. The summed E-state index contributed by atoms with van der Waals surface area (Å²) in [5.41, 5.74) is 5.59. The quantitative estimate of drug-likeness (QED) is 0.523. The van der Waals surface area contributed by atoms with Gasteiger partial charge in [0.15, 0.2) is 5.69 Å². The highest BCUT2D eigenvalue weighted by Crippen LogP contribution is 2.10. The molecule has 0 amide bonds. The number of nitrogens with two attached hydrogens (primary N) is 1. The molecule has 1 aromatic heterocycles. The van der Waals surface area contributed by atoms with E-state index in [0.717, 1.165) is 6.42 Å². The Kier molecular flexibility index (Phi) is 3.19. The topological polar surface area (TPSA) is 84.9 Å². The molecule has 5 nitrogen and oxygen atoms in total. The molecule has 0 saturated carbocycles. The number of hydrogen-bond donors (Lipinski definition) is 2. The van der Waals surface area contributed by atoms with Crippen LogP contribution in [0.25, 0.3) is 0 Å². The summed E-state index contributed by atoms with van der Waals surface area (Å²) in [5.74, 6) is 0.205. The molecular formula is C8H12N4O. The fourth-order valence-corrected chi connectivity index (χ4v) is 0.814. The maximum Gasteiger partial charge on any atom is 0.243 e. The number of hydrogen-bond acceptors (Lipinski definition) is 4. The second-order valence-electron chi connectivity index (χ2n) is 2.47. The van der Waals surface area contributed by atoms with Crippen molar-refractivity contribution in [3.8, 4) is 5.88 Å². The van der Waals surface area contributed by atoms with E-state index in [1.54, 1.807) is 0 Å². The SMILES string of the molecule is CCCOc1nccnc1C(=N)N. The lowest BCUT2D eigenvalue weighted by Gasteiger charge is -2.06.